The van der Waals surface area contributed by atoms with E-state index in [0.29, 0.717) is 6.10 Å². The van der Waals surface area contributed by atoms with Gasteiger partial charge in [-0.2, -0.15) is 0 Å². The van der Waals surface area contributed by atoms with Crippen molar-refractivity contribution < 1.29 is 4.74 Å². The summed E-state index contributed by atoms with van der Waals surface area (Å²) in [5.74, 6) is 0. The average Bonchev–Trinajstić information content (AvgIpc) is 2.86. The Balaban J connectivity index is 0.000000963. The van der Waals surface area contributed by atoms with Crippen molar-refractivity contribution in [1.29, 1.82) is 0 Å². The summed E-state index contributed by atoms with van der Waals surface area (Å²) in [7, 11) is 0. The first-order valence-corrected chi connectivity index (χ1v) is 5.96. The summed E-state index contributed by atoms with van der Waals surface area (Å²) in [5.41, 5.74) is 1.03. The lowest BCUT2D eigenvalue weighted by Gasteiger charge is -2.07. The standard InChI is InChI=1S/C11H12N2OS.ClH/c1-2-4-10-9(3-1)13-11(15-10)14-8-5-6-12-7-8;/h1-4,8,12H,5-7H2;1H. The molecule has 0 aliphatic carbocycles. The fraction of sp³-hybridized carbons (Fsp3) is 0.364. The number of nitrogens with zero attached hydrogens (tertiary/aromatic N) is 1. The fourth-order valence-electron chi connectivity index (χ4n) is 1.77. The second kappa shape index (κ2) is 4.99. The maximum Gasteiger partial charge on any atom is 0.274 e. The van der Waals surface area contributed by atoms with Gasteiger partial charge < -0.3 is 10.1 Å². The number of para-hydroxylation sites is 1. The first-order valence-electron chi connectivity index (χ1n) is 5.15. The van der Waals surface area contributed by atoms with Gasteiger partial charge in [0.05, 0.1) is 10.2 Å². The van der Waals surface area contributed by atoms with Crippen LogP contribution in [0.4, 0.5) is 0 Å². The van der Waals surface area contributed by atoms with Crippen LogP contribution in [0.3, 0.4) is 0 Å². The molecule has 16 heavy (non-hydrogen) atoms. The zero-order chi connectivity index (χ0) is 10.1. The summed E-state index contributed by atoms with van der Waals surface area (Å²) < 4.78 is 7.00. The monoisotopic (exact) mass is 256 g/mol. The van der Waals surface area contributed by atoms with E-state index < -0.39 is 0 Å². The zero-order valence-corrected chi connectivity index (χ0v) is 10.3. The molecule has 3 nitrogen and oxygen atoms in total. The van der Waals surface area contributed by atoms with Gasteiger partial charge in [-0.25, -0.2) is 4.98 Å². The van der Waals surface area contributed by atoms with Crippen LogP contribution in [0.15, 0.2) is 24.3 Å². The number of nitrogens with one attached hydrogen (secondary N) is 1. The van der Waals surface area contributed by atoms with Crippen molar-refractivity contribution in [2.24, 2.45) is 0 Å². The second-order valence-corrected chi connectivity index (χ2v) is 4.67. The van der Waals surface area contributed by atoms with Crippen LogP contribution in [0.1, 0.15) is 6.42 Å². The van der Waals surface area contributed by atoms with E-state index in [0.717, 1.165) is 30.2 Å². The third-order valence-electron chi connectivity index (χ3n) is 2.56. The van der Waals surface area contributed by atoms with E-state index in [4.69, 9.17) is 4.74 Å². The molecular weight excluding hydrogens is 244 g/mol. The lowest BCUT2D eigenvalue weighted by Crippen LogP contribution is -2.19. The molecule has 5 heteroatoms. The zero-order valence-electron chi connectivity index (χ0n) is 8.68. The van der Waals surface area contributed by atoms with Crippen molar-refractivity contribution >= 4 is 34.0 Å². The number of hydrogen-bond acceptors (Lipinski definition) is 4. The lowest BCUT2D eigenvalue weighted by molar-refractivity contribution is 0.222. The van der Waals surface area contributed by atoms with Crippen LogP contribution in [0.25, 0.3) is 10.2 Å². The number of halogens is 1. The molecule has 0 spiro atoms. The van der Waals surface area contributed by atoms with Crippen molar-refractivity contribution in [2.75, 3.05) is 13.1 Å². The van der Waals surface area contributed by atoms with E-state index in [1.807, 2.05) is 18.2 Å². The topological polar surface area (TPSA) is 34.1 Å². The van der Waals surface area contributed by atoms with Crippen LogP contribution >= 0.6 is 23.7 Å². The van der Waals surface area contributed by atoms with Crippen LogP contribution in [0.5, 0.6) is 5.19 Å². The van der Waals surface area contributed by atoms with Gasteiger partial charge in [0, 0.05) is 6.54 Å². The number of thiazole rings is 1. The minimum absolute atomic E-state index is 0. The lowest BCUT2D eigenvalue weighted by atomic mass is 10.3. The molecule has 86 valence electrons. The van der Waals surface area contributed by atoms with Gasteiger partial charge >= 0.3 is 0 Å². The van der Waals surface area contributed by atoms with Gasteiger partial charge in [-0.15, -0.1) is 12.4 Å². The molecule has 1 fully saturated rings. The van der Waals surface area contributed by atoms with E-state index >= 15 is 0 Å². The van der Waals surface area contributed by atoms with E-state index in [1.165, 1.54) is 4.70 Å². The summed E-state index contributed by atoms with van der Waals surface area (Å²) in [6.45, 7) is 1.99. The maximum atomic E-state index is 5.81. The Kier molecular flexibility index (Phi) is 3.63. The third kappa shape index (κ3) is 2.29. The number of fused-ring (bicyclic) bond motifs is 1. The first-order chi connectivity index (χ1) is 7.42. The van der Waals surface area contributed by atoms with Crippen molar-refractivity contribution in [3.05, 3.63) is 24.3 Å². The summed E-state index contributed by atoms with van der Waals surface area (Å²) in [6.07, 6.45) is 1.38. The van der Waals surface area contributed by atoms with Gasteiger partial charge in [-0.05, 0) is 25.1 Å². The Morgan fingerprint density at radius 3 is 3.00 bits per heavy atom. The molecule has 1 N–H and O–H groups in total. The number of benzene rings is 1. The highest BCUT2D eigenvalue weighted by atomic mass is 35.5. The van der Waals surface area contributed by atoms with Crippen molar-refractivity contribution in [1.82, 2.24) is 10.3 Å². The summed E-state index contributed by atoms with van der Waals surface area (Å²) in [6, 6.07) is 8.13. The van der Waals surface area contributed by atoms with Gasteiger partial charge in [0.1, 0.15) is 6.10 Å². The van der Waals surface area contributed by atoms with Gasteiger partial charge in [0.15, 0.2) is 0 Å². The van der Waals surface area contributed by atoms with Crippen molar-refractivity contribution in [2.45, 2.75) is 12.5 Å². The van der Waals surface area contributed by atoms with Crippen LogP contribution in [-0.2, 0) is 0 Å². The molecule has 0 amide bonds. The Labute approximate surface area is 104 Å². The minimum Gasteiger partial charge on any atom is -0.465 e. The minimum atomic E-state index is 0. The second-order valence-electron chi connectivity index (χ2n) is 3.68. The predicted octanol–water partition coefficient (Wildman–Crippen LogP) is 2.46. The Morgan fingerprint density at radius 2 is 2.25 bits per heavy atom. The summed E-state index contributed by atoms with van der Waals surface area (Å²) in [4.78, 5) is 4.44. The highest BCUT2D eigenvalue weighted by Crippen LogP contribution is 2.28. The molecule has 3 rings (SSSR count). The first kappa shape index (κ1) is 11.6. The number of hydrogen-bond donors (Lipinski definition) is 1. The Morgan fingerprint density at radius 1 is 1.38 bits per heavy atom. The maximum absolute atomic E-state index is 5.81. The van der Waals surface area contributed by atoms with Gasteiger partial charge in [-0.1, -0.05) is 23.5 Å². The van der Waals surface area contributed by atoms with Gasteiger partial charge in [0.25, 0.3) is 5.19 Å². The molecular formula is C11H13ClN2OS. The van der Waals surface area contributed by atoms with Crippen molar-refractivity contribution in [3.63, 3.8) is 0 Å². The summed E-state index contributed by atoms with van der Waals surface area (Å²) in [5, 5.41) is 4.07. The molecule has 1 aliphatic heterocycles. The molecule has 1 aromatic carbocycles. The average molecular weight is 257 g/mol. The van der Waals surface area contributed by atoms with Gasteiger partial charge in [-0.3, -0.25) is 0 Å². The largest absolute Gasteiger partial charge is 0.465 e. The molecule has 0 radical (unpaired) electrons. The Bertz CT molecular complexity index is 435. The molecule has 1 aliphatic rings. The Hall–Kier alpha value is -0.840. The molecule has 1 saturated heterocycles. The summed E-state index contributed by atoms with van der Waals surface area (Å²) >= 11 is 1.62. The van der Waals surface area contributed by atoms with Gasteiger partial charge in [0.2, 0.25) is 0 Å². The number of rotatable bonds is 2. The normalized spacial score (nSPS) is 19.6. The quantitative estimate of drug-likeness (QED) is 0.896. The van der Waals surface area contributed by atoms with Crippen molar-refractivity contribution in [3.8, 4) is 5.19 Å². The van der Waals surface area contributed by atoms with E-state index in [-0.39, 0.29) is 12.4 Å². The molecule has 1 aromatic heterocycles. The molecule has 2 aromatic rings. The highest BCUT2D eigenvalue weighted by Gasteiger charge is 2.17. The molecule has 0 bridgehead atoms. The SMILES string of the molecule is Cl.c1ccc2sc(OC3CCNC3)nc2c1. The number of ether oxygens (including phenoxy) is 1. The van der Waals surface area contributed by atoms with Crippen LogP contribution in [-0.4, -0.2) is 24.2 Å². The third-order valence-corrected chi connectivity index (χ3v) is 3.48. The predicted molar refractivity (Wildman–Crippen MR) is 68.8 cm³/mol. The fourth-order valence-corrected chi connectivity index (χ4v) is 2.65. The van der Waals surface area contributed by atoms with E-state index in [1.54, 1.807) is 11.3 Å². The van der Waals surface area contributed by atoms with Crippen LogP contribution in [0, 0.1) is 0 Å². The van der Waals surface area contributed by atoms with Crippen LogP contribution in [0.2, 0.25) is 0 Å². The molecule has 1 unspecified atom stereocenters. The van der Waals surface area contributed by atoms with Crippen LogP contribution < -0.4 is 10.1 Å². The molecule has 1 atom stereocenters. The molecule has 0 saturated carbocycles. The highest BCUT2D eigenvalue weighted by molar-refractivity contribution is 7.20. The van der Waals surface area contributed by atoms with E-state index in [9.17, 15) is 0 Å². The van der Waals surface area contributed by atoms with E-state index in [2.05, 4.69) is 16.4 Å². The number of aromatic nitrogens is 1. The smallest absolute Gasteiger partial charge is 0.274 e. The molecule has 2 heterocycles.